The first-order chi connectivity index (χ1) is 12.5. The number of carbonyl (C=O) groups excluding carboxylic acids is 1. The third-order valence-electron chi connectivity index (χ3n) is 3.69. The van der Waals surface area contributed by atoms with Gasteiger partial charge in [-0.15, -0.1) is 5.52 Å². The summed E-state index contributed by atoms with van der Waals surface area (Å²) in [5, 5.41) is 11.9. The minimum atomic E-state index is -0.569. The van der Waals surface area contributed by atoms with Crippen molar-refractivity contribution in [2.45, 2.75) is 27.7 Å². The molecule has 136 valence electrons. The summed E-state index contributed by atoms with van der Waals surface area (Å²) in [4.78, 5) is 27.8. The van der Waals surface area contributed by atoms with Crippen LogP contribution in [-0.2, 0) is 0 Å². The topological polar surface area (TPSA) is 83.5 Å². The Hall–Kier alpha value is -1.51. The molecule has 27 heavy (non-hydrogen) atoms. The molecule has 0 unspecified atom stereocenters. The Balaban J connectivity index is 0.00000118. The van der Waals surface area contributed by atoms with Crippen LogP contribution in [0.3, 0.4) is 0 Å². The molecule has 0 saturated heterocycles. The van der Waals surface area contributed by atoms with Crippen LogP contribution in [0.1, 0.15) is 42.4 Å². The van der Waals surface area contributed by atoms with Crippen molar-refractivity contribution < 1.29 is 65.8 Å². The molecular formula is C20H21KN2O4. The van der Waals surface area contributed by atoms with E-state index in [1.165, 1.54) is 18.2 Å². The summed E-state index contributed by atoms with van der Waals surface area (Å²) in [7, 11) is 0. The Morgan fingerprint density at radius 3 is 2.48 bits per heavy atom. The summed E-state index contributed by atoms with van der Waals surface area (Å²) in [6.07, 6.45) is 0. The number of rotatable bonds is 5. The molecule has 0 atom stereocenters. The van der Waals surface area contributed by atoms with Crippen molar-refractivity contribution in [2.75, 3.05) is 6.61 Å². The number of fused-ring (bicyclic) bond motifs is 1. The third kappa shape index (κ3) is 5.06. The molecule has 6 nitrogen and oxygen atoms in total. The van der Waals surface area contributed by atoms with Gasteiger partial charge in [0.05, 0.1) is 17.1 Å². The van der Waals surface area contributed by atoms with Gasteiger partial charge in [-0.2, -0.15) is 0 Å². The first kappa shape index (κ1) is 23.5. The Labute approximate surface area is 200 Å². The van der Waals surface area contributed by atoms with Gasteiger partial charge in [-0.25, -0.2) is 0 Å². The van der Waals surface area contributed by atoms with E-state index in [2.05, 4.69) is 4.98 Å². The Kier molecular flexibility index (Phi) is 9.35. The maximum Gasteiger partial charge on any atom is 1.00 e. The molecule has 0 aliphatic carbocycles. The van der Waals surface area contributed by atoms with E-state index in [0.717, 1.165) is 10.9 Å². The molecule has 3 aromatic rings. The van der Waals surface area contributed by atoms with E-state index in [0.29, 0.717) is 17.9 Å². The molecule has 0 N–H and O–H groups in total. The van der Waals surface area contributed by atoms with Gasteiger partial charge < -0.3 is 9.72 Å². The van der Waals surface area contributed by atoms with Gasteiger partial charge in [-0.05, 0) is 31.7 Å². The van der Waals surface area contributed by atoms with E-state index in [4.69, 9.17) is 4.74 Å². The number of nitrogens with zero attached hydrogens (tertiary/aromatic N) is 2. The van der Waals surface area contributed by atoms with Crippen molar-refractivity contribution in [3.05, 3.63) is 69.4 Å². The van der Waals surface area contributed by atoms with Crippen LogP contribution in [0, 0.1) is 17.0 Å². The molecule has 3 rings (SSSR count). The largest absolute Gasteiger partial charge is 1.00 e. The first-order valence-electron chi connectivity index (χ1n) is 8.51. The van der Waals surface area contributed by atoms with Gasteiger partial charge in [-0.3, -0.25) is 14.9 Å². The summed E-state index contributed by atoms with van der Waals surface area (Å²) in [5.41, 5.74) is 1.51. The fourth-order valence-electron chi connectivity index (χ4n) is 2.62. The summed E-state index contributed by atoms with van der Waals surface area (Å²) < 4.78 is 5.64. The summed E-state index contributed by atoms with van der Waals surface area (Å²) in [6.45, 7) is 8.12. The number of nitro groups is 1. The summed E-state index contributed by atoms with van der Waals surface area (Å²) in [6, 6.07) is 11.4. The van der Waals surface area contributed by atoms with Crippen molar-refractivity contribution >= 4 is 22.4 Å². The number of benzene rings is 2. The van der Waals surface area contributed by atoms with E-state index in [9.17, 15) is 14.9 Å². The molecule has 0 bridgehead atoms. The first-order valence-corrected chi connectivity index (χ1v) is 8.51. The van der Waals surface area contributed by atoms with Crippen molar-refractivity contribution in [3.8, 4) is 5.75 Å². The Bertz CT molecular complexity index is 950. The van der Waals surface area contributed by atoms with E-state index in [1.54, 1.807) is 6.07 Å². The minimum Gasteiger partial charge on any atom is -0.651 e. The van der Waals surface area contributed by atoms with Crippen molar-refractivity contribution in [1.29, 1.82) is 0 Å². The van der Waals surface area contributed by atoms with Gasteiger partial charge in [0.1, 0.15) is 5.75 Å². The fraction of sp³-hybridized carbons (Fsp3) is 0.250. The standard InChI is InChI=1S/C18H16N2O4.C2H6.K/c1-3-24-18-13-10-11(2)8-9-14(13)19-16(18)17(21)12-6-4-5-7-15(12)20(22)23;1-2;/h4-10H,3H2,1-2H3,(H,19,21);1-2H3;/q;;+1/p-1. The summed E-state index contributed by atoms with van der Waals surface area (Å²) in [5.74, 6) is -0.140. The van der Waals surface area contributed by atoms with Crippen molar-refractivity contribution in [3.63, 3.8) is 0 Å². The normalized spacial score (nSPS) is 9.78. The van der Waals surface area contributed by atoms with Gasteiger partial charge in [-0.1, -0.05) is 43.7 Å². The molecular weight excluding hydrogens is 371 g/mol. The van der Waals surface area contributed by atoms with Gasteiger partial charge in [0.2, 0.25) is 0 Å². The predicted molar refractivity (Wildman–Crippen MR) is 101 cm³/mol. The molecule has 1 aromatic heterocycles. The van der Waals surface area contributed by atoms with Crippen LogP contribution in [0.25, 0.3) is 10.9 Å². The van der Waals surface area contributed by atoms with Crippen LogP contribution in [0.2, 0.25) is 0 Å². The molecule has 1 heterocycles. The second-order valence-corrected chi connectivity index (χ2v) is 5.35. The van der Waals surface area contributed by atoms with Crippen LogP contribution >= 0.6 is 0 Å². The number of ketones is 1. The number of nitro benzene ring substituents is 1. The van der Waals surface area contributed by atoms with Crippen LogP contribution in [-0.4, -0.2) is 17.3 Å². The zero-order valence-electron chi connectivity index (χ0n) is 16.3. The molecule has 0 aliphatic heterocycles. The minimum absolute atomic E-state index is 0. The molecule has 0 saturated carbocycles. The predicted octanol–water partition coefficient (Wildman–Crippen LogP) is 1.67. The van der Waals surface area contributed by atoms with Gasteiger partial charge in [0, 0.05) is 11.5 Å². The average molecular weight is 392 g/mol. The smallest absolute Gasteiger partial charge is 0.651 e. The monoisotopic (exact) mass is 392 g/mol. The average Bonchev–Trinajstić information content (AvgIpc) is 3.01. The fourth-order valence-corrected chi connectivity index (χ4v) is 2.62. The van der Waals surface area contributed by atoms with Crippen molar-refractivity contribution in [2.24, 2.45) is 0 Å². The number of hydrogen-bond acceptors (Lipinski definition) is 4. The van der Waals surface area contributed by atoms with E-state index >= 15 is 0 Å². The van der Waals surface area contributed by atoms with E-state index < -0.39 is 10.7 Å². The second-order valence-electron chi connectivity index (χ2n) is 5.35. The maximum atomic E-state index is 12.9. The maximum absolute atomic E-state index is 12.9. The number of para-hydroxylation sites is 1. The van der Waals surface area contributed by atoms with Crippen LogP contribution in [0.15, 0.2) is 42.5 Å². The van der Waals surface area contributed by atoms with Gasteiger partial charge >= 0.3 is 51.4 Å². The SMILES string of the molecule is CC.CCOc1c(C(=O)c2ccccc2[N+](=O)[O-])[n-]c2ccc(C)cc12.[K+]. The zero-order valence-corrected chi connectivity index (χ0v) is 19.4. The Morgan fingerprint density at radius 2 is 1.85 bits per heavy atom. The number of aromatic nitrogens is 1. The molecule has 0 fully saturated rings. The Morgan fingerprint density at radius 1 is 1.19 bits per heavy atom. The molecule has 0 amide bonds. The molecule has 2 aromatic carbocycles. The van der Waals surface area contributed by atoms with Crippen molar-refractivity contribution in [1.82, 2.24) is 4.98 Å². The van der Waals surface area contributed by atoms with Crippen LogP contribution < -0.4 is 61.1 Å². The van der Waals surface area contributed by atoms with Crippen LogP contribution in [0.5, 0.6) is 5.75 Å². The summed E-state index contributed by atoms with van der Waals surface area (Å²) >= 11 is 0. The third-order valence-corrected chi connectivity index (χ3v) is 3.69. The van der Waals surface area contributed by atoms with E-state index in [-0.39, 0.29) is 68.3 Å². The number of aryl methyl sites for hydroxylation is 1. The number of hydrogen-bond donors (Lipinski definition) is 0. The van der Waals surface area contributed by atoms with E-state index in [1.807, 2.05) is 45.9 Å². The zero-order chi connectivity index (χ0) is 19.3. The second kappa shape index (κ2) is 10.7. The van der Waals surface area contributed by atoms with Gasteiger partial charge in [0.15, 0.2) is 5.78 Å². The molecule has 7 heteroatoms. The quantitative estimate of drug-likeness (QED) is 0.285. The molecule has 0 radical (unpaired) electrons. The number of carbonyl (C=O) groups is 1. The van der Waals surface area contributed by atoms with Crippen LogP contribution in [0.4, 0.5) is 5.69 Å². The van der Waals surface area contributed by atoms with Gasteiger partial charge in [0.25, 0.3) is 5.69 Å². The molecule has 0 aliphatic rings. The molecule has 0 spiro atoms. The number of ether oxygens (including phenoxy) is 1.